The molecule has 0 spiro atoms. The number of nitrogens with one attached hydrogen (secondary N) is 1. The van der Waals surface area contributed by atoms with Gasteiger partial charge in [-0.15, -0.1) is 24.0 Å². The standard InChI is InChI=1S/C20H32N4O5.HI/c1-6-21-19(23-8-10-24(11-9-23)20(25)29-7-2)22-14-15-12-16(26-3)18(28-5)17(13-15)27-4;/h12-13H,6-11,14H2,1-5H3,(H,21,22);1H. The number of aliphatic imine (C=N–C) groups is 1. The summed E-state index contributed by atoms with van der Waals surface area (Å²) in [7, 11) is 4.77. The molecule has 1 fully saturated rings. The first kappa shape index (κ1) is 25.9. The summed E-state index contributed by atoms with van der Waals surface area (Å²) >= 11 is 0. The lowest BCUT2D eigenvalue weighted by Crippen LogP contribution is -2.53. The second-order valence-corrected chi connectivity index (χ2v) is 6.38. The minimum Gasteiger partial charge on any atom is -0.493 e. The highest BCUT2D eigenvalue weighted by atomic mass is 127. The van der Waals surface area contributed by atoms with Gasteiger partial charge >= 0.3 is 6.09 Å². The fraction of sp³-hybridized carbons (Fsp3) is 0.600. The van der Waals surface area contributed by atoms with Gasteiger partial charge < -0.3 is 34.1 Å². The Morgan fingerprint density at radius 3 is 2.03 bits per heavy atom. The van der Waals surface area contributed by atoms with Crippen LogP contribution in [-0.2, 0) is 11.3 Å². The number of halogens is 1. The predicted octanol–water partition coefficient (Wildman–Crippen LogP) is 2.57. The zero-order chi connectivity index (χ0) is 21.2. The van der Waals surface area contributed by atoms with Gasteiger partial charge in [-0.3, -0.25) is 0 Å². The van der Waals surface area contributed by atoms with Crippen molar-refractivity contribution in [1.29, 1.82) is 0 Å². The smallest absolute Gasteiger partial charge is 0.409 e. The van der Waals surface area contributed by atoms with Crippen molar-refractivity contribution < 1.29 is 23.7 Å². The number of rotatable bonds is 7. The van der Waals surface area contributed by atoms with Crippen LogP contribution >= 0.6 is 24.0 Å². The first-order valence-corrected chi connectivity index (χ1v) is 9.81. The van der Waals surface area contributed by atoms with Gasteiger partial charge in [0, 0.05) is 32.7 Å². The minimum absolute atomic E-state index is 0. The van der Waals surface area contributed by atoms with Crippen molar-refractivity contribution in [3.63, 3.8) is 0 Å². The maximum absolute atomic E-state index is 11.9. The van der Waals surface area contributed by atoms with Crippen molar-refractivity contribution in [2.75, 3.05) is 60.7 Å². The number of carbonyl (C=O) groups is 1. The summed E-state index contributed by atoms with van der Waals surface area (Å²) in [6.07, 6.45) is -0.258. The molecule has 0 aromatic heterocycles. The lowest BCUT2D eigenvalue weighted by atomic mass is 10.2. The molecular formula is C20H33IN4O5. The third-order valence-corrected chi connectivity index (χ3v) is 4.58. The van der Waals surface area contributed by atoms with Gasteiger partial charge in [0.25, 0.3) is 0 Å². The van der Waals surface area contributed by atoms with Gasteiger partial charge in [0.1, 0.15) is 0 Å². The van der Waals surface area contributed by atoms with E-state index in [0.29, 0.717) is 56.6 Å². The van der Waals surface area contributed by atoms with E-state index in [0.717, 1.165) is 18.1 Å². The summed E-state index contributed by atoms with van der Waals surface area (Å²) in [5.41, 5.74) is 0.945. The van der Waals surface area contributed by atoms with Crippen LogP contribution in [0.5, 0.6) is 17.2 Å². The predicted molar refractivity (Wildman–Crippen MR) is 126 cm³/mol. The van der Waals surface area contributed by atoms with Crippen LogP contribution in [0.15, 0.2) is 17.1 Å². The average molecular weight is 536 g/mol. The Labute approximate surface area is 195 Å². The van der Waals surface area contributed by atoms with E-state index < -0.39 is 0 Å². The lowest BCUT2D eigenvalue weighted by molar-refractivity contribution is 0.0914. The zero-order valence-corrected chi connectivity index (χ0v) is 20.7. The van der Waals surface area contributed by atoms with Gasteiger partial charge in [-0.2, -0.15) is 0 Å². The molecule has 1 aromatic carbocycles. The molecule has 1 amide bonds. The van der Waals surface area contributed by atoms with Crippen molar-refractivity contribution in [2.24, 2.45) is 4.99 Å². The Balaban J connectivity index is 0.00000450. The van der Waals surface area contributed by atoms with Crippen molar-refractivity contribution in [3.05, 3.63) is 17.7 Å². The summed E-state index contributed by atoms with van der Waals surface area (Å²) in [6, 6.07) is 3.79. The first-order chi connectivity index (χ1) is 14.1. The van der Waals surface area contributed by atoms with Crippen LogP contribution in [0.1, 0.15) is 19.4 Å². The molecule has 1 N–H and O–H groups in total. The van der Waals surface area contributed by atoms with E-state index in [1.807, 2.05) is 26.0 Å². The van der Waals surface area contributed by atoms with Crippen molar-refractivity contribution in [2.45, 2.75) is 20.4 Å². The number of piperazine rings is 1. The maximum atomic E-state index is 11.9. The molecule has 1 aromatic rings. The maximum Gasteiger partial charge on any atom is 0.409 e. The van der Waals surface area contributed by atoms with E-state index in [2.05, 4.69) is 10.2 Å². The van der Waals surface area contributed by atoms with E-state index in [1.165, 1.54) is 0 Å². The second kappa shape index (κ2) is 13.2. The number of methoxy groups -OCH3 is 3. The van der Waals surface area contributed by atoms with Crippen LogP contribution in [0.4, 0.5) is 4.79 Å². The van der Waals surface area contributed by atoms with Crippen LogP contribution < -0.4 is 19.5 Å². The minimum atomic E-state index is -0.258. The monoisotopic (exact) mass is 536 g/mol. The topological polar surface area (TPSA) is 84.9 Å². The molecule has 0 unspecified atom stereocenters. The first-order valence-electron chi connectivity index (χ1n) is 9.81. The molecule has 0 saturated carbocycles. The third-order valence-electron chi connectivity index (χ3n) is 4.58. The summed E-state index contributed by atoms with van der Waals surface area (Å²) in [6.45, 7) is 8.04. The number of carbonyl (C=O) groups excluding carboxylic acids is 1. The van der Waals surface area contributed by atoms with Gasteiger partial charge in [0.2, 0.25) is 5.75 Å². The average Bonchev–Trinajstić information content (AvgIpc) is 2.76. The Kier molecular flexibility index (Phi) is 11.4. The summed E-state index contributed by atoms with van der Waals surface area (Å²) in [5.74, 6) is 2.57. The quantitative estimate of drug-likeness (QED) is 0.326. The van der Waals surface area contributed by atoms with Crippen molar-refractivity contribution in [3.8, 4) is 17.2 Å². The van der Waals surface area contributed by atoms with Gasteiger partial charge in [0.05, 0.1) is 34.5 Å². The van der Waals surface area contributed by atoms with Crippen LogP contribution in [0.3, 0.4) is 0 Å². The Bertz CT molecular complexity index is 683. The summed E-state index contributed by atoms with van der Waals surface area (Å²) in [5, 5.41) is 3.33. The fourth-order valence-electron chi connectivity index (χ4n) is 3.13. The molecule has 0 aliphatic carbocycles. The molecule has 170 valence electrons. The summed E-state index contributed by atoms with van der Waals surface area (Å²) in [4.78, 5) is 20.5. The van der Waals surface area contributed by atoms with Gasteiger partial charge in [0.15, 0.2) is 17.5 Å². The normalized spacial score (nSPS) is 14.0. The van der Waals surface area contributed by atoms with E-state index in [9.17, 15) is 4.79 Å². The number of amides is 1. The Morgan fingerprint density at radius 1 is 1.00 bits per heavy atom. The molecule has 0 radical (unpaired) electrons. The molecule has 10 heteroatoms. The highest BCUT2D eigenvalue weighted by Crippen LogP contribution is 2.38. The van der Waals surface area contributed by atoms with Crippen molar-refractivity contribution >= 4 is 36.0 Å². The van der Waals surface area contributed by atoms with Crippen molar-refractivity contribution in [1.82, 2.24) is 15.1 Å². The van der Waals surface area contributed by atoms with Gasteiger partial charge in [-0.25, -0.2) is 9.79 Å². The van der Waals surface area contributed by atoms with Crippen LogP contribution in [0.2, 0.25) is 0 Å². The van der Waals surface area contributed by atoms with Crippen LogP contribution in [0, 0.1) is 0 Å². The number of hydrogen-bond acceptors (Lipinski definition) is 6. The summed E-state index contributed by atoms with van der Waals surface area (Å²) < 4.78 is 21.3. The molecule has 1 aliphatic heterocycles. The van der Waals surface area contributed by atoms with Gasteiger partial charge in [-0.05, 0) is 31.5 Å². The fourth-order valence-corrected chi connectivity index (χ4v) is 3.13. The number of ether oxygens (including phenoxy) is 4. The third kappa shape index (κ3) is 6.71. The Morgan fingerprint density at radius 2 is 1.57 bits per heavy atom. The van der Waals surface area contributed by atoms with Crippen LogP contribution in [0.25, 0.3) is 0 Å². The number of guanidine groups is 1. The number of hydrogen-bond donors (Lipinski definition) is 1. The molecule has 0 bridgehead atoms. The van der Waals surface area contributed by atoms with E-state index in [1.54, 1.807) is 26.2 Å². The number of benzene rings is 1. The molecule has 9 nitrogen and oxygen atoms in total. The van der Waals surface area contributed by atoms with E-state index in [4.69, 9.17) is 23.9 Å². The zero-order valence-electron chi connectivity index (χ0n) is 18.4. The molecule has 1 saturated heterocycles. The number of nitrogens with zero attached hydrogens (tertiary/aromatic N) is 3. The molecule has 1 heterocycles. The second-order valence-electron chi connectivity index (χ2n) is 6.38. The van der Waals surface area contributed by atoms with Gasteiger partial charge in [-0.1, -0.05) is 0 Å². The van der Waals surface area contributed by atoms with Crippen LogP contribution in [-0.4, -0.2) is 82.5 Å². The molecule has 0 atom stereocenters. The lowest BCUT2D eigenvalue weighted by Gasteiger charge is -2.35. The molecule has 30 heavy (non-hydrogen) atoms. The van der Waals surface area contributed by atoms with E-state index >= 15 is 0 Å². The highest BCUT2D eigenvalue weighted by molar-refractivity contribution is 14.0. The molecular weight excluding hydrogens is 503 g/mol. The Hall–Kier alpha value is -2.11. The van der Waals surface area contributed by atoms with E-state index in [-0.39, 0.29) is 30.1 Å². The highest BCUT2D eigenvalue weighted by Gasteiger charge is 2.23. The largest absolute Gasteiger partial charge is 0.493 e. The molecule has 2 rings (SSSR count). The SMILES string of the molecule is CCNC(=NCc1cc(OC)c(OC)c(OC)c1)N1CCN(C(=O)OCC)CC1.I. The molecule has 1 aliphatic rings.